The molecule has 0 radical (unpaired) electrons. The van der Waals surface area contributed by atoms with Gasteiger partial charge in [0.1, 0.15) is 12.4 Å². The molecule has 1 rings (SSSR count). The molecule has 2 nitrogen and oxygen atoms in total. The zero-order chi connectivity index (χ0) is 11.6. The van der Waals surface area contributed by atoms with E-state index in [4.69, 9.17) is 9.84 Å². The lowest BCUT2D eigenvalue weighted by molar-refractivity contribution is 0.306. The second-order valence-corrected chi connectivity index (χ2v) is 3.54. The van der Waals surface area contributed by atoms with Gasteiger partial charge in [-0.3, -0.25) is 0 Å². The second-order valence-electron chi connectivity index (χ2n) is 3.54. The summed E-state index contributed by atoms with van der Waals surface area (Å²) in [5, 5.41) is 8.55. The zero-order valence-corrected chi connectivity index (χ0v) is 9.70. The third-order valence-corrected chi connectivity index (χ3v) is 2.18. The minimum atomic E-state index is -0.102. The Labute approximate surface area is 97.3 Å². The first-order chi connectivity index (χ1) is 7.86. The Balaban J connectivity index is 2.39. The maximum absolute atomic E-state index is 8.55. The van der Waals surface area contributed by atoms with Crippen LogP contribution in [0.4, 0.5) is 0 Å². The molecule has 86 valence electrons. The molecule has 0 fully saturated rings. The predicted octanol–water partition coefficient (Wildman–Crippen LogP) is 2.60. The molecule has 0 unspecified atom stereocenters. The summed E-state index contributed by atoms with van der Waals surface area (Å²) in [5.74, 6) is 6.33. The molecule has 1 aromatic carbocycles. The summed E-state index contributed by atoms with van der Waals surface area (Å²) < 4.78 is 5.57. The molecule has 0 aromatic heterocycles. The topological polar surface area (TPSA) is 29.5 Å². The number of ether oxygens (including phenoxy) is 1. The molecule has 1 aromatic rings. The summed E-state index contributed by atoms with van der Waals surface area (Å²) in [4.78, 5) is 0. The average molecular weight is 218 g/mol. The maximum atomic E-state index is 8.55. The molecule has 0 aliphatic carbocycles. The Morgan fingerprint density at radius 2 is 1.94 bits per heavy atom. The molecule has 1 N–H and O–H groups in total. The van der Waals surface area contributed by atoms with E-state index in [2.05, 4.69) is 18.8 Å². The number of rotatable bonds is 5. The smallest absolute Gasteiger partial charge is 0.119 e. The molecular formula is C14H18O2. The number of hydrogen-bond acceptors (Lipinski definition) is 2. The molecule has 0 saturated heterocycles. The Morgan fingerprint density at radius 3 is 2.56 bits per heavy atom. The number of hydrogen-bond donors (Lipinski definition) is 1. The summed E-state index contributed by atoms with van der Waals surface area (Å²) in [5.41, 5.74) is 0.898. The van der Waals surface area contributed by atoms with Crippen LogP contribution in [0.5, 0.6) is 5.75 Å². The minimum Gasteiger partial charge on any atom is -0.494 e. The van der Waals surface area contributed by atoms with Crippen LogP contribution in [-0.4, -0.2) is 18.3 Å². The van der Waals surface area contributed by atoms with Crippen LogP contribution >= 0.6 is 0 Å². The van der Waals surface area contributed by atoms with Crippen molar-refractivity contribution >= 4 is 0 Å². The zero-order valence-electron chi connectivity index (χ0n) is 9.70. The van der Waals surface area contributed by atoms with Gasteiger partial charge < -0.3 is 9.84 Å². The van der Waals surface area contributed by atoms with Gasteiger partial charge in [0.15, 0.2) is 0 Å². The Bertz CT molecular complexity index is 343. The van der Waals surface area contributed by atoms with Gasteiger partial charge in [-0.15, -0.1) is 0 Å². The standard InChI is InChI=1S/C14H18O2/c1-2-3-4-12-16-14-9-7-13(8-10-14)6-5-11-15/h7-10,15H,2-4,11-12H2,1H3. The van der Waals surface area contributed by atoms with Crippen molar-refractivity contribution in [1.29, 1.82) is 0 Å². The highest BCUT2D eigenvalue weighted by atomic mass is 16.5. The fourth-order valence-corrected chi connectivity index (χ4v) is 1.32. The first-order valence-corrected chi connectivity index (χ1v) is 5.69. The quantitative estimate of drug-likeness (QED) is 0.608. The van der Waals surface area contributed by atoms with E-state index in [9.17, 15) is 0 Å². The maximum Gasteiger partial charge on any atom is 0.119 e. The molecule has 0 aliphatic heterocycles. The van der Waals surface area contributed by atoms with Crippen LogP contribution in [0.1, 0.15) is 31.7 Å². The predicted molar refractivity (Wildman–Crippen MR) is 65.4 cm³/mol. The van der Waals surface area contributed by atoms with E-state index in [1.165, 1.54) is 12.8 Å². The number of benzene rings is 1. The number of aliphatic hydroxyl groups is 1. The summed E-state index contributed by atoms with van der Waals surface area (Å²) in [6.07, 6.45) is 3.52. The van der Waals surface area contributed by atoms with Gasteiger partial charge in [0.2, 0.25) is 0 Å². The van der Waals surface area contributed by atoms with Gasteiger partial charge in [-0.1, -0.05) is 31.6 Å². The van der Waals surface area contributed by atoms with E-state index < -0.39 is 0 Å². The molecule has 0 aliphatic rings. The van der Waals surface area contributed by atoms with Crippen LogP contribution in [0.3, 0.4) is 0 Å². The lowest BCUT2D eigenvalue weighted by Crippen LogP contribution is -1.96. The number of unbranched alkanes of at least 4 members (excludes halogenated alkanes) is 2. The van der Waals surface area contributed by atoms with Gasteiger partial charge in [0, 0.05) is 5.56 Å². The van der Waals surface area contributed by atoms with Crippen molar-refractivity contribution < 1.29 is 9.84 Å². The van der Waals surface area contributed by atoms with Crippen LogP contribution in [0.2, 0.25) is 0 Å². The van der Waals surface area contributed by atoms with Crippen molar-refractivity contribution in [2.75, 3.05) is 13.2 Å². The van der Waals surface area contributed by atoms with E-state index in [1.807, 2.05) is 24.3 Å². The van der Waals surface area contributed by atoms with Crippen molar-refractivity contribution in [3.63, 3.8) is 0 Å². The first-order valence-electron chi connectivity index (χ1n) is 5.69. The van der Waals surface area contributed by atoms with Gasteiger partial charge in [0.05, 0.1) is 6.61 Å². The Kier molecular flexibility index (Phi) is 6.13. The van der Waals surface area contributed by atoms with Crippen LogP contribution in [0.25, 0.3) is 0 Å². The second kappa shape index (κ2) is 7.78. The van der Waals surface area contributed by atoms with Crippen molar-refractivity contribution in [2.45, 2.75) is 26.2 Å². The van der Waals surface area contributed by atoms with E-state index in [-0.39, 0.29) is 6.61 Å². The van der Waals surface area contributed by atoms with Gasteiger partial charge in [-0.25, -0.2) is 0 Å². The number of aliphatic hydroxyl groups excluding tert-OH is 1. The van der Waals surface area contributed by atoms with Gasteiger partial charge >= 0.3 is 0 Å². The van der Waals surface area contributed by atoms with Crippen LogP contribution in [-0.2, 0) is 0 Å². The van der Waals surface area contributed by atoms with Gasteiger partial charge in [-0.05, 0) is 30.7 Å². The summed E-state index contributed by atoms with van der Waals surface area (Å²) in [7, 11) is 0. The fourth-order valence-electron chi connectivity index (χ4n) is 1.32. The molecule has 0 amide bonds. The third kappa shape index (κ3) is 4.86. The molecule has 0 spiro atoms. The van der Waals surface area contributed by atoms with Crippen LogP contribution in [0, 0.1) is 11.8 Å². The van der Waals surface area contributed by atoms with Gasteiger partial charge in [0.25, 0.3) is 0 Å². The highest BCUT2D eigenvalue weighted by molar-refractivity contribution is 5.38. The monoisotopic (exact) mass is 218 g/mol. The highest BCUT2D eigenvalue weighted by Crippen LogP contribution is 2.12. The summed E-state index contributed by atoms with van der Waals surface area (Å²) in [6, 6.07) is 7.62. The Morgan fingerprint density at radius 1 is 1.19 bits per heavy atom. The minimum absolute atomic E-state index is 0.102. The van der Waals surface area contributed by atoms with Crippen molar-refractivity contribution in [3.05, 3.63) is 29.8 Å². The van der Waals surface area contributed by atoms with Gasteiger partial charge in [-0.2, -0.15) is 0 Å². The Hall–Kier alpha value is -1.46. The summed E-state index contributed by atoms with van der Waals surface area (Å²) in [6.45, 7) is 2.85. The first kappa shape index (κ1) is 12.6. The lowest BCUT2D eigenvalue weighted by atomic mass is 10.2. The third-order valence-electron chi connectivity index (χ3n) is 2.18. The van der Waals surface area contributed by atoms with E-state index in [0.29, 0.717) is 0 Å². The van der Waals surface area contributed by atoms with Crippen LogP contribution < -0.4 is 4.74 Å². The van der Waals surface area contributed by atoms with E-state index in [0.717, 1.165) is 24.3 Å². The summed E-state index contributed by atoms with van der Waals surface area (Å²) >= 11 is 0. The molecule has 0 bridgehead atoms. The van der Waals surface area contributed by atoms with Crippen molar-refractivity contribution in [2.24, 2.45) is 0 Å². The lowest BCUT2D eigenvalue weighted by Gasteiger charge is -2.05. The fraction of sp³-hybridized carbons (Fsp3) is 0.429. The van der Waals surface area contributed by atoms with E-state index >= 15 is 0 Å². The molecule has 0 saturated carbocycles. The highest BCUT2D eigenvalue weighted by Gasteiger charge is 1.93. The normalized spacial score (nSPS) is 9.38. The van der Waals surface area contributed by atoms with Crippen molar-refractivity contribution in [1.82, 2.24) is 0 Å². The molecular weight excluding hydrogens is 200 g/mol. The molecule has 0 heterocycles. The van der Waals surface area contributed by atoms with Crippen LogP contribution in [0.15, 0.2) is 24.3 Å². The van der Waals surface area contributed by atoms with E-state index in [1.54, 1.807) is 0 Å². The molecule has 16 heavy (non-hydrogen) atoms. The molecule has 2 heteroatoms. The van der Waals surface area contributed by atoms with Crippen molar-refractivity contribution in [3.8, 4) is 17.6 Å². The SMILES string of the molecule is CCCCCOc1ccc(C#CCO)cc1. The molecule has 0 atom stereocenters. The average Bonchev–Trinajstić information content (AvgIpc) is 2.33. The largest absolute Gasteiger partial charge is 0.494 e.